The highest BCUT2D eigenvalue weighted by molar-refractivity contribution is 8.14. The molecular formula is C19H17ClN4O4S2. The lowest BCUT2D eigenvalue weighted by Gasteiger charge is -2.20. The predicted molar refractivity (Wildman–Crippen MR) is 120 cm³/mol. The van der Waals surface area contributed by atoms with Gasteiger partial charge in [0.25, 0.3) is 5.91 Å². The highest BCUT2D eigenvalue weighted by Crippen LogP contribution is 2.37. The van der Waals surface area contributed by atoms with Crippen molar-refractivity contribution < 1.29 is 19.1 Å². The largest absolute Gasteiger partial charge is 0.495 e. The third-order valence-electron chi connectivity index (χ3n) is 3.98. The number of halogens is 1. The van der Waals surface area contributed by atoms with Gasteiger partial charge in [-0.15, -0.1) is 11.3 Å². The zero-order valence-electron chi connectivity index (χ0n) is 16.0. The van der Waals surface area contributed by atoms with E-state index in [4.69, 9.17) is 22.1 Å². The number of urea groups is 1. The molecule has 0 unspecified atom stereocenters. The number of methoxy groups -OCH3 is 1. The summed E-state index contributed by atoms with van der Waals surface area (Å²) in [6, 6.07) is 5.85. The Hall–Kier alpha value is -2.82. The number of nitrogens with zero attached hydrogens (tertiary/aromatic N) is 2. The summed E-state index contributed by atoms with van der Waals surface area (Å²) in [7, 11) is 1.48. The third kappa shape index (κ3) is 4.84. The molecule has 0 bridgehead atoms. The second kappa shape index (κ2) is 9.33. The van der Waals surface area contributed by atoms with Gasteiger partial charge in [0.1, 0.15) is 11.4 Å². The summed E-state index contributed by atoms with van der Waals surface area (Å²) in [5.41, 5.74) is 6.59. The van der Waals surface area contributed by atoms with Crippen LogP contribution in [-0.2, 0) is 9.59 Å². The van der Waals surface area contributed by atoms with Gasteiger partial charge in [0, 0.05) is 9.90 Å². The number of hydrogen-bond acceptors (Lipinski definition) is 7. The monoisotopic (exact) mass is 464 g/mol. The van der Waals surface area contributed by atoms with Gasteiger partial charge in [0.2, 0.25) is 5.91 Å². The maximum atomic E-state index is 13.2. The lowest BCUT2D eigenvalue weighted by Crippen LogP contribution is -2.37. The Morgan fingerprint density at radius 1 is 1.40 bits per heavy atom. The van der Waals surface area contributed by atoms with Crippen molar-refractivity contribution in [1.82, 2.24) is 5.32 Å². The molecule has 1 aliphatic rings. The Balaban J connectivity index is 1.99. The van der Waals surface area contributed by atoms with Crippen molar-refractivity contribution in [3.05, 3.63) is 50.8 Å². The van der Waals surface area contributed by atoms with Gasteiger partial charge in [0.05, 0.1) is 18.6 Å². The molecule has 2 aromatic rings. The first-order valence-corrected chi connectivity index (χ1v) is 10.8. The molecule has 156 valence electrons. The van der Waals surface area contributed by atoms with Gasteiger partial charge in [-0.1, -0.05) is 23.4 Å². The molecule has 0 fully saturated rings. The number of amidine groups is 1. The number of ether oxygens (including phenoxy) is 1. The van der Waals surface area contributed by atoms with Gasteiger partial charge in [0.15, 0.2) is 5.17 Å². The summed E-state index contributed by atoms with van der Waals surface area (Å²) in [6.07, 6.45) is 1.70. The van der Waals surface area contributed by atoms with Gasteiger partial charge < -0.3 is 10.5 Å². The van der Waals surface area contributed by atoms with Crippen LogP contribution >= 0.6 is 34.7 Å². The van der Waals surface area contributed by atoms with Crippen molar-refractivity contribution in [1.29, 1.82) is 0 Å². The normalized spacial score (nSPS) is 14.8. The first-order chi connectivity index (χ1) is 14.3. The summed E-state index contributed by atoms with van der Waals surface area (Å²) < 4.78 is 5.37. The number of nitrogens with one attached hydrogen (secondary N) is 1. The lowest BCUT2D eigenvalue weighted by molar-refractivity contribution is -0.117. The molecule has 0 atom stereocenters. The number of thiophene rings is 1. The zero-order valence-corrected chi connectivity index (χ0v) is 18.4. The number of primary amides is 1. The highest BCUT2D eigenvalue weighted by Gasteiger charge is 2.34. The minimum atomic E-state index is -0.952. The first kappa shape index (κ1) is 21.9. The summed E-state index contributed by atoms with van der Waals surface area (Å²) in [6.45, 7) is 1.94. The second-order valence-electron chi connectivity index (χ2n) is 6.05. The van der Waals surface area contributed by atoms with Crippen LogP contribution in [0.2, 0.25) is 5.02 Å². The van der Waals surface area contributed by atoms with Crippen LogP contribution in [0.5, 0.6) is 5.75 Å². The number of imide groups is 1. The van der Waals surface area contributed by atoms with Crippen LogP contribution in [0.3, 0.4) is 0 Å². The molecule has 8 nitrogen and oxygen atoms in total. The van der Waals surface area contributed by atoms with E-state index < -0.39 is 11.9 Å². The van der Waals surface area contributed by atoms with E-state index in [1.807, 2.05) is 23.7 Å². The number of rotatable bonds is 5. The number of carbonyl (C=O) groups is 3. The SMILES string of the molecule is COc1ccc(Cl)cc1N1C(=O)/C(=C/c2sccc2C)N=C1SCC(=O)NC(N)=O. The molecule has 4 amide bonds. The molecule has 30 heavy (non-hydrogen) atoms. The topological polar surface area (TPSA) is 114 Å². The molecule has 3 rings (SSSR count). The van der Waals surface area contributed by atoms with Gasteiger partial charge in [-0.3, -0.25) is 14.9 Å². The molecule has 0 spiro atoms. The maximum Gasteiger partial charge on any atom is 0.318 e. The number of amides is 4. The minimum Gasteiger partial charge on any atom is -0.495 e. The van der Waals surface area contributed by atoms with Crippen LogP contribution in [0.4, 0.5) is 10.5 Å². The molecule has 2 heterocycles. The second-order valence-corrected chi connectivity index (χ2v) is 8.38. The quantitative estimate of drug-likeness (QED) is 0.658. The van der Waals surface area contributed by atoms with Crippen molar-refractivity contribution in [2.75, 3.05) is 17.8 Å². The van der Waals surface area contributed by atoms with Crippen LogP contribution in [0.25, 0.3) is 6.08 Å². The Labute approximate surface area is 185 Å². The van der Waals surface area contributed by atoms with Crippen molar-refractivity contribution in [2.45, 2.75) is 6.92 Å². The average Bonchev–Trinajstić information content (AvgIpc) is 3.23. The first-order valence-electron chi connectivity index (χ1n) is 8.54. The fourth-order valence-corrected chi connectivity index (χ4v) is 4.43. The fraction of sp³-hybridized carbons (Fsp3) is 0.158. The number of thioether (sulfide) groups is 1. The Morgan fingerprint density at radius 3 is 2.80 bits per heavy atom. The molecule has 3 N–H and O–H groups in total. The van der Waals surface area contributed by atoms with Crippen LogP contribution < -0.4 is 20.7 Å². The Morgan fingerprint density at radius 2 is 2.17 bits per heavy atom. The fourth-order valence-electron chi connectivity index (χ4n) is 2.60. The number of carbonyl (C=O) groups excluding carboxylic acids is 3. The van der Waals surface area contributed by atoms with E-state index in [-0.39, 0.29) is 22.5 Å². The molecule has 1 aromatic carbocycles. The zero-order chi connectivity index (χ0) is 21.8. The van der Waals surface area contributed by atoms with Crippen LogP contribution in [0.1, 0.15) is 10.4 Å². The number of anilines is 1. The number of nitrogens with two attached hydrogens (primary N) is 1. The van der Waals surface area contributed by atoms with Crippen LogP contribution in [0.15, 0.2) is 40.3 Å². The van der Waals surface area contributed by atoms with E-state index in [9.17, 15) is 14.4 Å². The van der Waals surface area contributed by atoms with E-state index in [2.05, 4.69) is 4.99 Å². The molecule has 1 aliphatic heterocycles. The summed E-state index contributed by atoms with van der Waals surface area (Å²) >= 11 is 8.61. The molecule has 1 aromatic heterocycles. The van der Waals surface area contributed by atoms with Gasteiger partial charge in [-0.2, -0.15) is 0 Å². The van der Waals surface area contributed by atoms with Gasteiger partial charge in [-0.25, -0.2) is 14.7 Å². The third-order valence-corrected chi connectivity index (χ3v) is 6.12. The lowest BCUT2D eigenvalue weighted by atomic mass is 10.2. The predicted octanol–water partition coefficient (Wildman–Crippen LogP) is 3.39. The number of aryl methyl sites for hydroxylation is 1. The molecule has 0 radical (unpaired) electrons. The van der Waals surface area contributed by atoms with Gasteiger partial charge in [-0.05, 0) is 48.2 Å². The van der Waals surface area contributed by atoms with E-state index >= 15 is 0 Å². The Kier molecular flexibility index (Phi) is 6.80. The van der Waals surface area contributed by atoms with E-state index in [1.165, 1.54) is 23.3 Å². The van der Waals surface area contributed by atoms with E-state index in [0.29, 0.717) is 16.5 Å². The van der Waals surface area contributed by atoms with Crippen molar-refractivity contribution in [2.24, 2.45) is 10.7 Å². The summed E-state index contributed by atoms with van der Waals surface area (Å²) in [5, 5.41) is 4.56. The number of hydrogen-bond donors (Lipinski definition) is 2. The Bertz CT molecular complexity index is 1080. The van der Waals surface area contributed by atoms with Crippen LogP contribution in [-0.4, -0.2) is 35.9 Å². The van der Waals surface area contributed by atoms with Gasteiger partial charge >= 0.3 is 6.03 Å². The van der Waals surface area contributed by atoms with Crippen molar-refractivity contribution >= 4 is 69.5 Å². The molecule has 0 saturated carbocycles. The maximum absolute atomic E-state index is 13.2. The molecule has 0 saturated heterocycles. The minimum absolute atomic E-state index is 0.167. The highest BCUT2D eigenvalue weighted by atomic mass is 35.5. The molecular weight excluding hydrogens is 448 g/mol. The summed E-state index contributed by atoms with van der Waals surface area (Å²) in [4.78, 5) is 42.6. The standard InChI is InChI=1S/C19H17ClN4O4S2/c1-10-5-6-29-15(10)8-12-17(26)24(13-7-11(20)3-4-14(13)28-2)19(22-12)30-9-16(25)23-18(21)27/h3-8H,9H2,1-2H3,(H3,21,23,25,27)/b12-8-. The van der Waals surface area contributed by atoms with Crippen LogP contribution in [0, 0.1) is 6.92 Å². The number of benzene rings is 1. The van der Waals surface area contributed by atoms with Crippen molar-refractivity contribution in [3.63, 3.8) is 0 Å². The average molecular weight is 465 g/mol. The number of aliphatic imine (C=N–C) groups is 1. The van der Waals surface area contributed by atoms with Crippen molar-refractivity contribution in [3.8, 4) is 5.75 Å². The molecule has 0 aliphatic carbocycles. The summed E-state index contributed by atoms with van der Waals surface area (Å²) in [5.74, 6) is -0.746. The van der Waals surface area contributed by atoms with E-state index in [1.54, 1.807) is 24.3 Å². The smallest absolute Gasteiger partial charge is 0.318 e. The van der Waals surface area contributed by atoms with E-state index in [0.717, 1.165) is 22.2 Å². The molecule has 11 heteroatoms.